The smallest absolute Gasteiger partial charge is 0.0446 e. The Hall–Kier alpha value is -1.80. The molecule has 2 aromatic rings. The van der Waals surface area contributed by atoms with Crippen LogP contribution in [0.5, 0.6) is 0 Å². The molecule has 1 aliphatic heterocycles. The number of para-hydroxylation sites is 2. The first-order valence-electron chi connectivity index (χ1n) is 7.90. The number of benzene rings is 2. The van der Waals surface area contributed by atoms with Crippen LogP contribution in [0.2, 0.25) is 0 Å². The van der Waals surface area contributed by atoms with Gasteiger partial charge in [-0.2, -0.15) is 0 Å². The molecule has 0 bridgehead atoms. The number of anilines is 2. The highest BCUT2D eigenvalue weighted by Crippen LogP contribution is 2.40. The van der Waals surface area contributed by atoms with Crippen LogP contribution in [0.3, 0.4) is 0 Å². The summed E-state index contributed by atoms with van der Waals surface area (Å²) in [6, 6.07) is 17.7. The Labute approximate surface area is 127 Å². The summed E-state index contributed by atoms with van der Waals surface area (Å²) in [6.07, 6.45) is 2.27. The fraction of sp³-hybridized carbons (Fsp3) is 0.368. The molecule has 2 heteroatoms. The molecule has 0 radical (unpaired) electrons. The molecule has 0 aromatic heterocycles. The second kappa shape index (κ2) is 6.31. The Bertz CT molecular complexity index is 606. The monoisotopic (exact) mass is 280 g/mol. The molecule has 110 valence electrons. The van der Waals surface area contributed by atoms with Crippen LogP contribution < -0.4 is 10.2 Å². The predicted molar refractivity (Wildman–Crippen MR) is 90.6 cm³/mol. The molecule has 0 aliphatic carbocycles. The van der Waals surface area contributed by atoms with Gasteiger partial charge in [0.1, 0.15) is 0 Å². The summed E-state index contributed by atoms with van der Waals surface area (Å²) in [7, 11) is 2.02. The van der Waals surface area contributed by atoms with Crippen LogP contribution in [0.4, 0.5) is 11.4 Å². The van der Waals surface area contributed by atoms with Crippen molar-refractivity contribution in [2.24, 2.45) is 0 Å². The first-order chi connectivity index (χ1) is 10.3. The topological polar surface area (TPSA) is 15.3 Å². The summed E-state index contributed by atoms with van der Waals surface area (Å²) in [4.78, 5) is 2.51. The maximum absolute atomic E-state index is 3.25. The number of rotatable bonds is 4. The highest BCUT2D eigenvalue weighted by molar-refractivity contribution is 5.71. The van der Waals surface area contributed by atoms with Gasteiger partial charge < -0.3 is 10.2 Å². The van der Waals surface area contributed by atoms with Gasteiger partial charge in [-0.1, -0.05) is 43.3 Å². The van der Waals surface area contributed by atoms with Crippen LogP contribution in [0.1, 0.15) is 30.4 Å². The Morgan fingerprint density at radius 3 is 2.57 bits per heavy atom. The summed E-state index contributed by atoms with van der Waals surface area (Å²) in [5, 5.41) is 3.25. The minimum Gasteiger partial charge on any atom is -0.341 e. The molecule has 0 saturated heterocycles. The van der Waals surface area contributed by atoms with Crippen LogP contribution in [0.15, 0.2) is 48.5 Å². The van der Waals surface area contributed by atoms with E-state index >= 15 is 0 Å². The van der Waals surface area contributed by atoms with E-state index in [9.17, 15) is 0 Å². The van der Waals surface area contributed by atoms with E-state index in [0.29, 0.717) is 5.92 Å². The van der Waals surface area contributed by atoms with Crippen molar-refractivity contribution in [3.8, 4) is 0 Å². The van der Waals surface area contributed by atoms with Gasteiger partial charge in [0, 0.05) is 17.9 Å². The van der Waals surface area contributed by atoms with E-state index in [-0.39, 0.29) is 0 Å². The lowest BCUT2D eigenvalue weighted by Gasteiger charge is -2.27. The molecule has 1 unspecified atom stereocenters. The third kappa shape index (κ3) is 2.81. The van der Waals surface area contributed by atoms with Gasteiger partial charge >= 0.3 is 0 Å². The van der Waals surface area contributed by atoms with E-state index in [1.807, 2.05) is 7.05 Å². The minimum absolute atomic E-state index is 0.566. The summed E-state index contributed by atoms with van der Waals surface area (Å²) in [5.41, 5.74) is 5.69. The van der Waals surface area contributed by atoms with Gasteiger partial charge in [-0.05, 0) is 55.6 Å². The molecule has 2 nitrogen and oxygen atoms in total. The molecule has 1 N–H and O–H groups in total. The van der Waals surface area contributed by atoms with Crippen molar-refractivity contribution < 1.29 is 0 Å². The first kappa shape index (κ1) is 14.2. The van der Waals surface area contributed by atoms with Crippen LogP contribution >= 0.6 is 0 Å². The van der Waals surface area contributed by atoms with Crippen LogP contribution in [0.25, 0.3) is 0 Å². The standard InChI is InChI=1S/C19H24N2/c1-15-14-16-8-3-5-10-18(16)21(13-7-12-20-2)19-11-6-4-9-17(15)19/h3-6,8-11,15,20H,7,12-14H2,1-2H3. The lowest BCUT2D eigenvalue weighted by atomic mass is 9.94. The minimum atomic E-state index is 0.566. The van der Waals surface area contributed by atoms with Gasteiger partial charge in [0.25, 0.3) is 0 Å². The van der Waals surface area contributed by atoms with E-state index < -0.39 is 0 Å². The highest BCUT2D eigenvalue weighted by Gasteiger charge is 2.23. The van der Waals surface area contributed by atoms with Crippen LogP contribution in [-0.4, -0.2) is 20.1 Å². The van der Waals surface area contributed by atoms with Gasteiger partial charge in [0.2, 0.25) is 0 Å². The van der Waals surface area contributed by atoms with Crippen molar-refractivity contribution in [2.45, 2.75) is 25.7 Å². The summed E-state index contributed by atoms with van der Waals surface area (Å²) in [5.74, 6) is 0.566. The molecular weight excluding hydrogens is 256 g/mol. The van der Waals surface area contributed by atoms with Crippen molar-refractivity contribution in [1.82, 2.24) is 5.32 Å². The van der Waals surface area contributed by atoms with E-state index in [1.165, 1.54) is 22.5 Å². The van der Waals surface area contributed by atoms with Gasteiger partial charge in [0.05, 0.1) is 0 Å². The third-order valence-electron chi connectivity index (χ3n) is 4.38. The number of nitrogens with one attached hydrogen (secondary N) is 1. The SMILES string of the molecule is CNCCCN1c2ccccc2CC(C)c2ccccc21. The highest BCUT2D eigenvalue weighted by atomic mass is 15.1. The molecular formula is C19H24N2. The molecule has 0 spiro atoms. The summed E-state index contributed by atoms with van der Waals surface area (Å²) < 4.78 is 0. The fourth-order valence-corrected chi connectivity index (χ4v) is 3.32. The maximum Gasteiger partial charge on any atom is 0.0446 e. The zero-order valence-electron chi connectivity index (χ0n) is 13.0. The molecule has 0 saturated carbocycles. The average Bonchev–Trinajstić information content (AvgIpc) is 2.63. The van der Waals surface area contributed by atoms with Crippen molar-refractivity contribution in [3.05, 3.63) is 59.7 Å². The van der Waals surface area contributed by atoms with Crippen molar-refractivity contribution in [1.29, 1.82) is 0 Å². The molecule has 3 rings (SSSR count). The molecule has 1 aliphatic rings. The van der Waals surface area contributed by atoms with Gasteiger partial charge in [-0.3, -0.25) is 0 Å². The van der Waals surface area contributed by atoms with Gasteiger partial charge in [-0.25, -0.2) is 0 Å². The molecule has 0 fully saturated rings. The Morgan fingerprint density at radius 2 is 1.76 bits per heavy atom. The zero-order chi connectivity index (χ0) is 14.7. The number of nitrogens with zero attached hydrogens (tertiary/aromatic N) is 1. The fourth-order valence-electron chi connectivity index (χ4n) is 3.32. The van der Waals surface area contributed by atoms with Crippen molar-refractivity contribution in [2.75, 3.05) is 25.0 Å². The van der Waals surface area contributed by atoms with E-state index in [2.05, 4.69) is 65.7 Å². The van der Waals surface area contributed by atoms with Crippen LogP contribution in [-0.2, 0) is 6.42 Å². The molecule has 0 amide bonds. The average molecular weight is 280 g/mol. The second-order valence-electron chi connectivity index (χ2n) is 5.90. The quantitative estimate of drug-likeness (QED) is 0.848. The number of hydrogen-bond acceptors (Lipinski definition) is 2. The lowest BCUT2D eigenvalue weighted by Crippen LogP contribution is -2.23. The third-order valence-corrected chi connectivity index (χ3v) is 4.38. The first-order valence-corrected chi connectivity index (χ1v) is 7.90. The molecule has 1 heterocycles. The van der Waals surface area contributed by atoms with E-state index in [1.54, 1.807) is 0 Å². The largest absolute Gasteiger partial charge is 0.341 e. The van der Waals surface area contributed by atoms with Crippen LogP contribution in [0, 0.1) is 0 Å². The van der Waals surface area contributed by atoms with Crippen molar-refractivity contribution >= 4 is 11.4 Å². The zero-order valence-corrected chi connectivity index (χ0v) is 13.0. The number of fused-ring (bicyclic) bond motifs is 2. The number of hydrogen-bond donors (Lipinski definition) is 1. The predicted octanol–water partition coefficient (Wildman–Crippen LogP) is 4.09. The van der Waals surface area contributed by atoms with E-state index in [4.69, 9.17) is 0 Å². The summed E-state index contributed by atoms with van der Waals surface area (Å²) in [6.45, 7) is 4.45. The molecule has 21 heavy (non-hydrogen) atoms. The van der Waals surface area contributed by atoms with Gasteiger partial charge in [-0.15, -0.1) is 0 Å². The maximum atomic E-state index is 3.25. The Kier molecular flexibility index (Phi) is 4.26. The molecule has 1 atom stereocenters. The van der Waals surface area contributed by atoms with E-state index in [0.717, 1.165) is 25.9 Å². The normalized spacial score (nSPS) is 17.0. The lowest BCUT2D eigenvalue weighted by molar-refractivity contribution is 0.722. The van der Waals surface area contributed by atoms with Crippen molar-refractivity contribution in [3.63, 3.8) is 0 Å². The second-order valence-corrected chi connectivity index (χ2v) is 5.90. The Balaban J connectivity index is 2.05. The summed E-state index contributed by atoms with van der Waals surface area (Å²) >= 11 is 0. The molecule has 2 aromatic carbocycles. The Morgan fingerprint density at radius 1 is 1.05 bits per heavy atom. The van der Waals surface area contributed by atoms with Gasteiger partial charge in [0.15, 0.2) is 0 Å².